The molecule has 2 aromatic carbocycles. The summed E-state index contributed by atoms with van der Waals surface area (Å²) < 4.78 is 7.51. The molecule has 1 amide bonds. The number of nitrogens with zero attached hydrogens (tertiary/aromatic N) is 4. The van der Waals surface area contributed by atoms with Gasteiger partial charge in [0, 0.05) is 5.75 Å². The van der Waals surface area contributed by atoms with Crippen molar-refractivity contribution in [3.63, 3.8) is 0 Å². The van der Waals surface area contributed by atoms with Crippen LogP contribution in [-0.2, 0) is 16.0 Å². The molecule has 0 saturated carbocycles. The molecule has 2 aromatic heterocycles. The van der Waals surface area contributed by atoms with Crippen molar-refractivity contribution in [3.05, 3.63) is 59.7 Å². The van der Waals surface area contributed by atoms with Crippen LogP contribution in [0.15, 0.2) is 53.7 Å². The van der Waals surface area contributed by atoms with E-state index in [2.05, 4.69) is 32.6 Å². The van der Waals surface area contributed by atoms with Crippen LogP contribution >= 0.6 is 23.1 Å². The van der Waals surface area contributed by atoms with Crippen LogP contribution in [0.4, 0.5) is 11.1 Å². The van der Waals surface area contributed by atoms with E-state index in [9.17, 15) is 9.59 Å². The molecule has 0 bridgehead atoms. The Balaban J connectivity index is 1.47. The molecule has 3 N–H and O–H groups in total. The van der Waals surface area contributed by atoms with Crippen molar-refractivity contribution < 1.29 is 14.3 Å². The predicted octanol–water partition coefficient (Wildman–Crippen LogP) is 4.57. The fourth-order valence-electron chi connectivity index (χ4n) is 3.58. The van der Waals surface area contributed by atoms with Crippen LogP contribution in [0.25, 0.3) is 10.2 Å². The lowest BCUT2D eigenvalue weighted by atomic mass is 10.2. The highest BCUT2D eigenvalue weighted by atomic mass is 32.2. The molecule has 182 valence electrons. The van der Waals surface area contributed by atoms with E-state index in [4.69, 9.17) is 10.5 Å². The maximum atomic E-state index is 13.2. The number of nitrogens with two attached hydrogens (primary N) is 1. The predicted molar refractivity (Wildman–Crippen MR) is 139 cm³/mol. The first-order valence-electron chi connectivity index (χ1n) is 11.3. The van der Waals surface area contributed by atoms with Crippen LogP contribution in [0.3, 0.4) is 0 Å². The number of fused-ring (bicyclic) bond motifs is 1. The van der Waals surface area contributed by atoms with E-state index < -0.39 is 6.04 Å². The SMILES string of the molecule is CCOC(=O)c1ccc2nc(NC(=O)C(CC)n3c(N)nnc3SCCc3ccccc3)sc2c1. The van der Waals surface area contributed by atoms with E-state index in [0.29, 0.717) is 34.4 Å². The van der Waals surface area contributed by atoms with Gasteiger partial charge in [-0.25, -0.2) is 9.78 Å². The number of carbonyl (C=O) groups is 2. The maximum Gasteiger partial charge on any atom is 0.338 e. The van der Waals surface area contributed by atoms with Crippen molar-refractivity contribution in [2.45, 2.75) is 37.9 Å². The number of thioether (sulfide) groups is 1. The summed E-state index contributed by atoms with van der Waals surface area (Å²) in [6, 6.07) is 14.7. The molecule has 9 nitrogen and oxygen atoms in total. The van der Waals surface area contributed by atoms with Crippen molar-refractivity contribution in [3.8, 4) is 0 Å². The summed E-state index contributed by atoms with van der Waals surface area (Å²) in [5.41, 5.74) is 8.46. The first-order valence-corrected chi connectivity index (χ1v) is 13.1. The highest BCUT2D eigenvalue weighted by Crippen LogP contribution is 2.30. The zero-order valence-electron chi connectivity index (χ0n) is 19.4. The number of thiazole rings is 1. The number of aromatic nitrogens is 4. The largest absolute Gasteiger partial charge is 0.462 e. The average molecular weight is 511 g/mol. The molecule has 0 aliphatic heterocycles. The third-order valence-corrected chi connectivity index (χ3v) is 7.16. The van der Waals surface area contributed by atoms with E-state index in [1.165, 1.54) is 28.7 Å². The third kappa shape index (κ3) is 5.80. The number of amides is 1. The summed E-state index contributed by atoms with van der Waals surface area (Å²) >= 11 is 2.81. The van der Waals surface area contributed by atoms with E-state index in [1.54, 1.807) is 29.7 Å². The van der Waals surface area contributed by atoms with Crippen LogP contribution in [-0.4, -0.2) is 44.0 Å². The first-order chi connectivity index (χ1) is 17.0. The standard InChI is InChI=1S/C24H26N6O3S2/c1-3-18(30-22(25)28-29-24(30)34-13-12-15-8-6-5-7-9-15)20(31)27-23-26-17-11-10-16(14-19(17)35-23)21(32)33-4-2/h5-11,14,18H,3-4,12-13H2,1-2H3,(H2,25,28)(H,26,27,31). The van der Waals surface area contributed by atoms with Gasteiger partial charge in [-0.05, 0) is 43.5 Å². The summed E-state index contributed by atoms with van der Waals surface area (Å²) in [5.74, 6) is 0.326. The van der Waals surface area contributed by atoms with Gasteiger partial charge in [-0.1, -0.05) is 60.4 Å². The lowest BCUT2D eigenvalue weighted by Crippen LogP contribution is -2.27. The fourth-order valence-corrected chi connectivity index (χ4v) is 5.46. The van der Waals surface area contributed by atoms with Crippen molar-refractivity contribution in [1.82, 2.24) is 19.7 Å². The monoisotopic (exact) mass is 510 g/mol. The molecule has 4 rings (SSSR count). The highest BCUT2D eigenvalue weighted by Gasteiger charge is 2.26. The number of rotatable bonds is 10. The number of nitrogen functional groups attached to an aromatic ring is 1. The molecule has 35 heavy (non-hydrogen) atoms. The highest BCUT2D eigenvalue weighted by molar-refractivity contribution is 7.99. The number of esters is 1. The van der Waals surface area contributed by atoms with Gasteiger partial charge < -0.3 is 15.8 Å². The topological polar surface area (TPSA) is 125 Å². The number of nitrogens with one attached hydrogen (secondary N) is 1. The lowest BCUT2D eigenvalue weighted by Gasteiger charge is -2.18. The molecule has 11 heteroatoms. The number of benzene rings is 2. The number of carbonyl (C=O) groups excluding carboxylic acids is 2. The minimum Gasteiger partial charge on any atom is -0.462 e. The Morgan fingerprint density at radius 2 is 1.97 bits per heavy atom. The van der Waals surface area contributed by atoms with Crippen molar-refractivity contribution in [2.24, 2.45) is 0 Å². The minimum absolute atomic E-state index is 0.192. The molecule has 1 unspecified atom stereocenters. The minimum atomic E-state index is -0.591. The zero-order chi connectivity index (χ0) is 24.8. The molecular weight excluding hydrogens is 484 g/mol. The molecule has 2 heterocycles. The van der Waals surface area contributed by atoms with Crippen molar-refractivity contribution in [1.29, 1.82) is 0 Å². The van der Waals surface area contributed by atoms with Gasteiger partial charge in [0.25, 0.3) is 0 Å². The molecule has 0 spiro atoms. The maximum absolute atomic E-state index is 13.2. The Bertz CT molecular complexity index is 1320. The molecule has 1 atom stereocenters. The Kier molecular flexibility index (Phi) is 7.98. The summed E-state index contributed by atoms with van der Waals surface area (Å²) in [7, 11) is 0. The van der Waals surface area contributed by atoms with Gasteiger partial charge in [0.05, 0.1) is 22.4 Å². The van der Waals surface area contributed by atoms with Gasteiger partial charge in [-0.3, -0.25) is 9.36 Å². The third-order valence-electron chi connectivity index (χ3n) is 5.29. The number of hydrogen-bond acceptors (Lipinski definition) is 9. The van der Waals surface area contributed by atoms with E-state index in [0.717, 1.165) is 16.9 Å². The number of aryl methyl sites for hydroxylation is 1. The molecule has 0 aliphatic carbocycles. The van der Waals surface area contributed by atoms with E-state index in [-0.39, 0.29) is 17.8 Å². The number of hydrogen-bond donors (Lipinski definition) is 2. The first kappa shape index (κ1) is 24.7. The fraction of sp³-hybridized carbons (Fsp3) is 0.292. The van der Waals surface area contributed by atoms with Gasteiger partial charge in [-0.15, -0.1) is 10.2 Å². The molecule has 0 radical (unpaired) electrons. The average Bonchev–Trinajstić information content (AvgIpc) is 3.43. The Morgan fingerprint density at radius 3 is 2.71 bits per heavy atom. The van der Waals surface area contributed by atoms with E-state index in [1.807, 2.05) is 25.1 Å². The molecule has 4 aromatic rings. The Hall–Kier alpha value is -3.44. The molecular formula is C24H26N6O3S2. The van der Waals surface area contributed by atoms with Crippen molar-refractivity contribution in [2.75, 3.05) is 23.4 Å². The quantitative estimate of drug-likeness (QED) is 0.235. The summed E-state index contributed by atoms with van der Waals surface area (Å²) in [6.45, 7) is 3.97. The Morgan fingerprint density at radius 1 is 1.17 bits per heavy atom. The Labute approximate surface area is 211 Å². The molecule has 0 fully saturated rings. The van der Waals surface area contributed by atoms with Crippen LogP contribution in [0.2, 0.25) is 0 Å². The normalized spacial score (nSPS) is 11.9. The summed E-state index contributed by atoms with van der Waals surface area (Å²) in [6.07, 6.45) is 1.36. The van der Waals surface area contributed by atoms with Gasteiger partial charge in [0.1, 0.15) is 6.04 Å². The second kappa shape index (κ2) is 11.3. The van der Waals surface area contributed by atoms with Crippen molar-refractivity contribution >= 4 is 56.3 Å². The van der Waals surface area contributed by atoms with Gasteiger partial charge in [-0.2, -0.15) is 0 Å². The van der Waals surface area contributed by atoms with Crippen LogP contribution in [0.5, 0.6) is 0 Å². The summed E-state index contributed by atoms with van der Waals surface area (Å²) in [4.78, 5) is 29.7. The second-order valence-electron chi connectivity index (χ2n) is 7.63. The number of ether oxygens (including phenoxy) is 1. The van der Waals surface area contributed by atoms with E-state index >= 15 is 0 Å². The molecule has 0 saturated heterocycles. The zero-order valence-corrected chi connectivity index (χ0v) is 21.1. The number of anilines is 2. The lowest BCUT2D eigenvalue weighted by molar-refractivity contribution is -0.119. The summed E-state index contributed by atoms with van der Waals surface area (Å²) in [5, 5.41) is 12.1. The van der Waals surface area contributed by atoms with Gasteiger partial charge in [0.15, 0.2) is 10.3 Å². The van der Waals surface area contributed by atoms with Crippen LogP contribution in [0, 0.1) is 0 Å². The smallest absolute Gasteiger partial charge is 0.338 e. The second-order valence-corrected chi connectivity index (χ2v) is 9.72. The van der Waals surface area contributed by atoms with Crippen LogP contribution in [0.1, 0.15) is 42.2 Å². The molecule has 0 aliphatic rings. The van der Waals surface area contributed by atoms with Crippen LogP contribution < -0.4 is 11.1 Å². The van der Waals surface area contributed by atoms with Gasteiger partial charge >= 0.3 is 5.97 Å². The van der Waals surface area contributed by atoms with Gasteiger partial charge in [0.2, 0.25) is 11.9 Å².